The third-order valence-electron chi connectivity index (χ3n) is 1.75. The quantitative estimate of drug-likeness (QED) is 0.635. The Kier molecular flexibility index (Phi) is 3.03. The third-order valence-corrected chi connectivity index (χ3v) is 3.81. The van der Waals surface area contributed by atoms with Gasteiger partial charge >= 0.3 is 0 Å². The number of aromatic nitrogens is 1. The van der Waals surface area contributed by atoms with Crippen molar-refractivity contribution in [3.8, 4) is 0 Å². The second-order valence-electron chi connectivity index (χ2n) is 2.80. The fourth-order valence-electron chi connectivity index (χ4n) is 1.09. The van der Waals surface area contributed by atoms with Crippen molar-refractivity contribution in [1.29, 1.82) is 5.41 Å². The second kappa shape index (κ2) is 4.46. The maximum atomic E-state index is 7.43. The Morgan fingerprint density at radius 2 is 2.27 bits per heavy atom. The standard InChI is InChI=1S/C10H9N3S2/c11-9(12)7-3-1-5-13-10(7)15-8-4-2-6-14-8/h1-6H,(H3,11,12). The van der Waals surface area contributed by atoms with E-state index in [1.54, 1.807) is 23.6 Å². The molecule has 76 valence electrons. The average Bonchev–Trinajstić information content (AvgIpc) is 2.71. The highest BCUT2D eigenvalue weighted by Gasteiger charge is 2.07. The fraction of sp³-hybridized carbons (Fsp3) is 0. The van der Waals surface area contributed by atoms with Crippen molar-refractivity contribution in [3.05, 3.63) is 41.4 Å². The van der Waals surface area contributed by atoms with Crippen LogP contribution in [-0.4, -0.2) is 10.8 Å². The van der Waals surface area contributed by atoms with Crippen molar-refractivity contribution in [3.63, 3.8) is 0 Å². The van der Waals surface area contributed by atoms with E-state index in [0.29, 0.717) is 5.56 Å². The molecule has 0 unspecified atom stereocenters. The zero-order valence-electron chi connectivity index (χ0n) is 7.81. The van der Waals surface area contributed by atoms with Gasteiger partial charge in [-0.05, 0) is 23.6 Å². The van der Waals surface area contributed by atoms with Gasteiger partial charge in [0.2, 0.25) is 0 Å². The van der Waals surface area contributed by atoms with E-state index in [9.17, 15) is 0 Å². The van der Waals surface area contributed by atoms with E-state index in [2.05, 4.69) is 4.98 Å². The zero-order chi connectivity index (χ0) is 10.7. The molecule has 0 amide bonds. The van der Waals surface area contributed by atoms with Crippen LogP contribution in [0.25, 0.3) is 0 Å². The summed E-state index contributed by atoms with van der Waals surface area (Å²) in [5.74, 6) is 0.0576. The highest BCUT2D eigenvalue weighted by molar-refractivity contribution is 8.01. The Morgan fingerprint density at radius 3 is 2.93 bits per heavy atom. The summed E-state index contributed by atoms with van der Waals surface area (Å²) in [6, 6.07) is 7.61. The second-order valence-corrected chi connectivity index (χ2v) is 5.04. The van der Waals surface area contributed by atoms with Gasteiger partial charge in [-0.2, -0.15) is 0 Å². The molecule has 2 rings (SSSR count). The number of nitrogen functional groups attached to an aromatic ring is 1. The van der Waals surface area contributed by atoms with Crippen molar-refractivity contribution in [2.75, 3.05) is 0 Å². The maximum Gasteiger partial charge on any atom is 0.125 e. The number of nitrogens with two attached hydrogens (primary N) is 1. The van der Waals surface area contributed by atoms with Gasteiger partial charge < -0.3 is 5.73 Å². The highest BCUT2D eigenvalue weighted by Crippen LogP contribution is 2.31. The van der Waals surface area contributed by atoms with Crippen molar-refractivity contribution in [2.45, 2.75) is 9.24 Å². The van der Waals surface area contributed by atoms with E-state index in [4.69, 9.17) is 11.1 Å². The van der Waals surface area contributed by atoms with Crippen LogP contribution in [0.2, 0.25) is 0 Å². The van der Waals surface area contributed by atoms with Gasteiger partial charge in [-0.3, -0.25) is 5.41 Å². The van der Waals surface area contributed by atoms with Crippen LogP contribution in [0.5, 0.6) is 0 Å². The summed E-state index contributed by atoms with van der Waals surface area (Å²) in [6.07, 6.45) is 1.71. The smallest absolute Gasteiger partial charge is 0.125 e. The summed E-state index contributed by atoms with van der Waals surface area (Å²) in [7, 11) is 0. The largest absolute Gasteiger partial charge is 0.384 e. The molecule has 0 bridgehead atoms. The highest BCUT2D eigenvalue weighted by atomic mass is 32.2. The predicted molar refractivity (Wildman–Crippen MR) is 63.7 cm³/mol. The van der Waals surface area contributed by atoms with E-state index < -0.39 is 0 Å². The number of amidine groups is 1. The lowest BCUT2D eigenvalue weighted by Gasteiger charge is -2.04. The predicted octanol–water partition coefficient (Wildman–Crippen LogP) is 2.58. The molecule has 5 heteroatoms. The molecule has 0 aliphatic rings. The van der Waals surface area contributed by atoms with Crippen molar-refractivity contribution in [1.82, 2.24) is 4.98 Å². The summed E-state index contributed by atoms with van der Waals surface area (Å²) >= 11 is 3.19. The molecule has 0 spiro atoms. The Morgan fingerprint density at radius 1 is 1.40 bits per heavy atom. The topological polar surface area (TPSA) is 62.8 Å². The SMILES string of the molecule is N=C(N)c1cccnc1Sc1cccs1. The lowest BCUT2D eigenvalue weighted by atomic mass is 10.3. The molecule has 0 aliphatic heterocycles. The molecule has 0 saturated carbocycles. The number of hydrogen-bond acceptors (Lipinski definition) is 4. The van der Waals surface area contributed by atoms with E-state index >= 15 is 0 Å². The van der Waals surface area contributed by atoms with Crippen LogP contribution in [0.3, 0.4) is 0 Å². The first kappa shape index (κ1) is 10.2. The minimum Gasteiger partial charge on any atom is -0.384 e. The molecule has 0 aromatic carbocycles. The molecule has 0 radical (unpaired) electrons. The van der Waals surface area contributed by atoms with E-state index in [0.717, 1.165) is 9.24 Å². The summed E-state index contributed by atoms with van der Waals surface area (Å²) in [4.78, 5) is 4.22. The van der Waals surface area contributed by atoms with Gasteiger partial charge in [0, 0.05) is 11.8 Å². The summed E-state index contributed by atoms with van der Waals surface area (Å²) in [5.41, 5.74) is 6.17. The Bertz CT molecular complexity index is 465. The Balaban J connectivity index is 2.32. The number of nitrogens with one attached hydrogen (secondary N) is 1. The molecular formula is C10H9N3S2. The van der Waals surface area contributed by atoms with Crippen LogP contribution in [0.15, 0.2) is 45.1 Å². The lowest BCUT2D eigenvalue weighted by molar-refractivity contribution is 1.11. The molecule has 2 heterocycles. The molecule has 2 aromatic heterocycles. The molecule has 3 N–H and O–H groups in total. The van der Waals surface area contributed by atoms with Crippen LogP contribution in [0, 0.1) is 5.41 Å². The van der Waals surface area contributed by atoms with Crippen LogP contribution < -0.4 is 5.73 Å². The molecule has 15 heavy (non-hydrogen) atoms. The molecule has 0 fully saturated rings. The van der Waals surface area contributed by atoms with E-state index in [-0.39, 0.29) is 5.84 Å². The minimum absolute atomic E-state index is 0.0576. The van der Waals surface area contributed by atoms with Gasteiger partial charge in [0.1, 0.15) is 10.9 Å². The molecular weight excluding hydrogens is 226 g/mol. The molecule has 2 aromatic rings. The van der Waals surface area contributed by atoms with Crippen molar-refractivity contribution >= 4 is 28.9 Å². The van der Waals surface area contributed by atoms with Gasteiger partial charge in [0.05, 0.1) is 4.21 Å². The Hall–Kier alpha value is -1.33. The van der Waals surface area contributed by atoms with Crippen molar-refractivity contribution in [2.24, 2.45) is 5.73 Å². The van der Waals surface area contributed by atoms with Crippen LogP contribution in [-0.2, 0) is 0 Å². The summed E-state index contributed by atoms with van der Waals surface area (Å²) in [5, 5.41) is 10.2. The lowest BCUT2D eigenvalue weighted by Crippen LogP contribution is -2.12. The van der Waals surface area contributed by atoms with E-state index in [1.165, 1.54) is 11.8 Å². The first-order valence-electron chi connectivity index (χ1n) is 4.28. The molecule has 0 saturated heterocycles. The van der Waals surface area contributed by atoms with Gasteiger partial charge in [-0.25, -0.2) is 4.98 Å². The zero-order valence-corrected chi connectivity index (χ0v) is 9.44. The van der Waals surface area contributed by atoms with Gasteiger partial charge in [-0.15, -0.1) is 11.3 Å². The number of pyridine rings is 1. The van der Waals surface area contributed by atoms with E-state index in [1.807, 2.05) is 23.6 Å². The monoisotopic (exact) mass is 235 g/mol. The van der Waals surface area contributed by atoms with Crippen LogP contribution in [0.4, 0.5) is 0 Å². The fourth-order valence-corrected chi connectivity index (χ4v) is 2.88. The molecule has 0 atom stereocenters. The average molecular weight is 235 g/mol. The van der Waals surface area contributed by atoms with Gasteiger partial charge in [0.25, 0.3) is 0 Å². The van der Waals surface area contributed by atoms with Crippen LogP contribution in [0.1, 0.15) is 5.56 Å². The number of rotatable bonds is 3. The Labute approximate surface area is 95.9 Å². The third kappa shape index (κ3) is 2.37. The van der Waals surface area contributed by atoms with Gasteiger partial charge in [0.15, 0.2) is 0 Å². The van der Waals surface area contributed by atoms with Crippen LogP contribution >= 0.6 is 23.1 Å². The normalized spacial score (nSPS) is 10.1. The van der Waals surface area contributed by atoms with Gasteiger partial charge in [-0.1, -0.05) is 17.8 Å². The first-order valence-corrected chi connectivity index (χ1v) is 5.98. The number of nitrogens with zero attached hydrogens (tertiary/aromatic N) is 1. The first-order chi connectivity index (χ1) is 7.27. The number of hydrogen-bond donors (Lipinski definition) is 2. The molecule has 0 aliphatic carbocycles. The maximum absolute atomic E-state index is 7.43. The minimum atomic E-state index is 0.0576. The summed E-state index contributed by atoms with van der Waals surface area (Å²) in [6.45, 7) is 0. The number of thiophene rings is 1. The summed E-state index contributed by atoms with van der Waals surface area (Å²) < 4.78 is 1.15. The van der Waals surface area contributed by atoms with Crippen molar-refractivity contribution < 1.29 is 0 Å². The molecule has 3 nitrogen and oxygen atoms in total.